The van der Waals surface area contributed by atoms with Crippen molar-refractivity contribution in [3.8, 4) is 6.07 Å². The number of nitrogens with one attached hydrogen (secondary N) is 1. The molecular formula is C18H22N8O2. The molecule has 28 heavy (non-hydrogen) atoms. The number of aliphatic imine (C=N–C) groups is 1. The number of nitriles is 1. The van der Waals surface area contributed by atoms with Crippen molar-refractivity contribution >= 4 is 30.1 Å². The van der Waals surface area contributed by atoms with Gasteiger partial charge in [0.25, 0.3) is 0 Å². The number of pyridine rings is 1. The number of nitrogens with two attached hydrogens (primary N) is 2. The van der Waals surface area contributed by atoms with E-state index in [1.807, 2.05) is 11.0 Å². The lowest BCUT2D eigenvalue weighted by Crippen LogP contribution is -2.58. The number of morpholine rings is 1. The minimum Gasteiger partial charge on any atom is -0.404 e. The molecule has 0 aromatic carbocycles. The number of likely N-dealkylation sites (tertiary alicyclic amines) is 1. The van der Waals surface area contributed by atoms with E-state index in [0.29, 0.717) is 49.7 Å². The summed E-state index contributed by atoms with van der Waals surface area (Å²) in [6, 6.07) is 4.13. The van der Waals surface area contributed by atoms with Crippen LogP contribution < -0.4 is 16.4 Å². The first-order chi connectivity index (χ1) is 13.6. The van der Waals surface area contributed by atoms with Gasteiger partial charge in [0, 0.05) is 38.0 Å². The number of carbonyl (C=O) groups excluding carboxylic acids is 1. The Morgan fingerprint density at radius 2 is 2.14 bits per heavy atom. The minimum atomic E-state index is -0.916. The number of hydrogen-bond donors (Lipinski definition) is 3. The van der Waals surface area contributed by atoms with E-state index in [1.165, 1.54) is 17.2 Å². The highest BCUT2D eigenvalue weighted by atomic mass is 16.5. The maximum Gasteiger partial charge on any atom is 0.209 e. The van der Waals surface area contributed by atoms with Crippen molar-refractivity contribution in [2.24, 2.45) is 16.5 Å². The molecule has 2 saturated heterocycles. The van der Waals surface area contributed by atoms with Crippen molar-refractivity contribution in [3.05, 3.63) is 29.5 Å². The highest BCUT2D eigenvalue weighted by Crippen LogP contribution is 2.39. The monoisotopic (exact) mass is 382 g/mol. The molecule has 2 aliphatic rings. The van der Waals surface area contributed by atoms with Gasteiger partial charge in [-0.25, -0.2) is 9.98 Å². The molecule has 0 bridgehead atoms. The topological polar surface area (TPSA) is 158 Å². The van der Waals surface area contributed by atoms with Gasteiger partial charge < -0.3 is 31.4 Å². The van der Waals surface area contributed by atoms with Crippen LogP contribution in [0, 0.1) is 16.7 Å². The van der Waals surface area contributed by atoms with Crippen LogP contribution in [-0.4, -0.2) is 67.7 Å². The first-order valence-electron chi connectivity index (χ1n) is 8.78. The van der Waals surface area contributed by atoms with E-state index in [-0.39, 0.29) is 24.7 Å². The largest absolute Gasteiger partial charge is 0.404 e. The number of aromatic nitrogens is 1. The molecule has 2 fully saturated rings. The summed E-state index contributed by atoms with van der Waals surface area (Å²) in [6.45, 7) is 2.95. The van der Waals surface area contributed by atoms with Gasteiger partial charge in [0.05, 0.1) is 19.3 Å². The van der Waals surface area contributed by atoms with Gasteiger partial charge in [-0.2, -0.15) is 5.26 Å². The van der Waals surface area contributed by atoms with E-state index in [1.54, 1.807) is 0 Å². The van der Waals surface area contributed by atoms with Crippen molar-refractivity contribution in [1.82, 2.24) is 9.88 Å². The highest BCUT2D eigenvalue weighted by Gasteiger charge is 2.46. The quantitative estimate of drug-likeness (QED) is 0.343. The van der Waals surface area contributed by atoms with Crippen molar-refractivity contribution < 1.29 is 9.53 Å². The average molecular weight is 382 g/mol. The third-order valence-electron chi connectivity index (χ3n) is 4.83. The molecule has 0 unspecified atom stereocenters. The van der Waals surface area contributed by atoms with Crippen molar-refractivity contribution in [1.29, 1.82) is 10.7 Å². The third-order valence-corrected chi connectivity index (χ3v) is 4.83. The van der Waals surface area contributed by atoms with Crippen molar-refractivity contribution in [2.45, 2.75) is 5.41 Å². The summed E-state index contributed by atoms with van der Waals surface area (Å²) in [5.74, 6) is 1.01. The maximum atomic E-state index is 11.1. The van der Waals surface area contributed by atoms with Crippen LogP contribution in [0.15, 0.2) is 23.3 Å². The molecule has 0 atom stereocenters. The lowest BCUT2D eigenvalue weighted by molar-refractivity contribution is -0.123. The zero-order chi connectivity index (χ0) is 20.1. The van der Waals surface area contributed by atoms with Crippen LogP contribution in [0.1, 0.15) is 11.1 Å². The Labute approximate surface area is 162 Å². The van der Waals surface area contributed by atoms with Crippen molar-refractivity contribution in [3.63, 3.8) is 0 Å². The van der Waals surface area contributed by atoms with Crippen LogP contribution in [0.2, 0.25) is 0 Å². The summed E-state index contributed by atoms with van der Waals surface area (Å²) in [5, 5.41) is 17.8. The van der Waals surface area contributed by atoms with E-state index in [2.05, 4.69) is 16.0 Å². The minimum absolute atomic E-state index is 0.136. The molecule has 0 saturated carbocycles. The second-order valence-electron chi connectivity index (χ2n) is 6.61. The third kappa shape index (κ3) is 3.52. The van der Waals surface area contributed by atoms with Crippen LogP contribution in [0.25, 0.3) is 0 Å². The van der Waals surface area contributed by atoms with E-state index in [9.17, 15) is 10.1 Å². The number of amides is 1. The Morgan fingerprint density at radius 1 is 1.43 bits per heavy atom. The smallest absolute Gasteiger partial charge is 0.209 e. The fourth-order valence-electron chi connectivity index (χ4n) is 3.39. The molecule has 0 spiro atoms. The van der Waals surface area contributed by atoms with Gasteiger partial charge in [-0.1, -0.05) is 0 Å². The summed E-state index contributed by atoms with van der Waals surface area (Å²) in [6.07, 6.45) is 4.52. The molecule has 0 radical (unpaired) electrons. The van der Waals surface area contributed by atoms with Crippen LogP contribution >= 0.6 is 0 Å². The molecule has 1 aromatic heterocycles. The summed E-state index contributed by atoms with van der Waals surface area (Å²) in [5.41, 5.74) is 11.3. The molecule has 5 N–H and O–H groups in total. The molecule has 1 amide bonds. The predicted octanol–water partition coefficient (Wildman–Crippen LogP) is -0.390. The predicted molar refractivity (Wildman–Crippen MR) is 105 cm³/mol. The van der Waals surface area contributed by atoms with Gasteiger partial charge in [-0.3, -0.25) is 4.79 Å². The first-order valence-corrected chi connectivity index (χ1v) is 8.78. The molecular weight excluding hydrogens is 360 g/mol. The standard InChI is InChI=1S/C18H22N8O2/c19-2-1-15(22)23-17-13(8-20)14(18(9-21)10-25(11-18)12-27)7-16(24-17)26-3-5-28-6-4-26/h1-2,7-8,12,20H,3-6,10-11,19H2,(H2,22,23,24)/b2-1-,20-8?. The zero-order valence-electron chi connectivity index (χ0n) is 15.3. The first kappa shape index (κ1) is 19.3. The summed E-state index contributed by atoms with van der Waals surface area (Å²) < 4.78 is 5.40. The zero-order valence-corrected chi connectivity index (χ0v) is 15.3. The summed E-state index contributed by atoms with van der Waals surface area (Å²) in [7, 11) is 0. The van der Waals surface area contributed by atoms with Gasteiger partial charge in [-0.05, 0) is 23.9 Å². The van der Waals surface area contributed by atoms with Gasteiger partial charge >= 0.3 is 0 Å². The molecule has 10 heteroatoms. The number of carbonyl (C=O) groups is 1. The van der Waals surface area contributed by atoms with E-state index >= 15 is 0 Å². The number of ether oxygens (including phenoxy) is 1. The highest BCUT2D eigenvalue weighted by molar-refractivity contribution is 5.96. The van der Waals surface area contributed by atoms with Crippen molar-refractivity contribution in [2.75, 3.05) is 44.3 Å². The molecule has 2 aliphatic heterocycles. The van der Waals surface area contributed by atoms with E-state index in [0.717, 1.165) is 6.21 Å². The number of anilines is 1. The fourth-order valence-corrected chi connectivity index (χ4v) is 3.39. The Bertz CT molecular complexity index is 861. The molecule has 3 rings (SSSR count). The molecule has 1 aromatic rings. The Hall–Kier alpha value is -3.45. The molecule has 10 nitrogen and oxygen atoms in total. The number of hydrogen-bond acceptors (Lipinski definition) is 8. The summed E-state index contributed by atoms with van der Waals surface area (Å²) in [4.78, 5) is 23.5. The van der Waals surface area contributed by atoms with E-state index < -0.39 is 5.41 Å². The van der Waals surface area contributed by atoms with Gasteiger partial charge in [0.1, 0.15) is 17.1 Å². The van der Waals surface area contributed by atoms with Gasteiger partial charge in [-0.15, -0.1) is 0 Å². The SMILES string of the molecule is N#CC1(c2cc(N3CCOCC3)nc(/N=C(N)\C=C/N)c2C=N)CN(C=O)C1. The Kier molecular flexibility index (Phi) is 5.56. The normalized spacial score (nSPS) is 19.2. The molecule has 0 aliphatic carbocycles. The fraction of sp³-hybridized carbons (Fsp3) is 0.389. The second-order valence-corrected chi connectivity index (χ2v) is 6.61. The van der Waals surface area contributed by atoms with Crippen LogP contribution in [-0.2, 0) is 14.9 Å². The lowest BCUT2D eigenvalue weighted by atomic mass is 9.73. The number of nitrogens with zero attached hydrogens (tertiary/aromatic N) is 5. The lowest BCUT2D eigenvalue weighted by Gasteiger charge is -2.44. The van der Waals surface area contributed by atoms with Crippen LogP contribution in [0.5, 0.6) is 0 Å². The van der Waals surface area contributed by atoms with E-state index in [4.69, 9.17) is 21.6 Å². The number of rotatable bonds is 6. The van der Waals surface area contributed by atoms with Gasteiger partial charge in [0.2, 0.25) is 6.41 Å². The van der Waals surface area contributed by atoms with Crippen LogP contribution in [0.4, 0.5) is 11.6 Å². The summed E-state index contributed by atoms with van der Waals surface area (Å²) >= 11 is 0. The van der Waals surface area contributed by atoms with Crippen LogP contribution in [0.3, 0.4) is 0 Å². The second kappa shape index (κ2) is 8.06. The molecule has 146 valence electrons. The van der Waals surface area contributed by atoms with Gasteiger partial charge in [0.15, 0.2) is 5.82 Å². The average Bonchev–Trinajstić information content (AvgIpc) is 2.68. The maximum absolute atomic E-state index is 11.1. The molecule has 3 heterocycles. The Morgan fingerprint density at radius 3 is 2.71 bits per heavy atom. The number of amidine groups is 1. The Balaban J connectivity index is 2.16.